The highest BCUT2D eigenvalue weighted by Crippen LogP contribution is 2.28. The van der Waals surface area contributed by atoms with Crippen molar-refractivity contribution in [2.45, 2.75) is 13.3 Å². The van der Waals surface area contributed by atoms with Crippen molar-refractivity contribution in [1.82, 2.24) is 0 Å². The molecule has 0 aliphatic carbocycles. The molecule has 0 fully saturated rings. The summed E-state index contributed by atoms with van der Waals surface area (Å²) in [5.74, 6) is -1.51. The second kappa shape index (κ2) is 5.39. The molecule has 0 radical (unpaired) electrons. The van der Waals surface area contributed by atoms with Gasteiger partial charge >= 0.3 is 0 Å². The number of rotatable bonds is 4. The summed E-state index contributed by atoms with van der Waals surface area (Å²) in [5.41, 5.74) is 0.325. The lowest BCUT2D eigenvalue weighted by molar-refractivity contribution is 0.417. The molecule has 0 bridgehead atoms. The Hall–Kier alpha value is 0.0400. The summed E-state index contributed by atoms with van der Waals surface area (Å²) in [6, 6.07) is 4.30. The third-order valence-electron chi connectivity index (χ3n) is 2.29. The van der Waals surface area contributed by atoms with Crippen LogP contribution in [0.5, 0.6) is 0 Å². The molecule has 0 saturated carbocycles. The summed E-state index contributed by atoms with van der Waals surface area (Å²) < 4.78 is 26.4. The van der Waals surface area contributed by atoms with Gasteiger partial charge < -0.3 is 0 Å². The zero-order chi connectivity index (χ0) is 11.5. The van der Waals surface area contributed by atoms with E-state index in [9.17, 15) is 8.78 Å². The van der Waals surface area contributed by atoms with Crippen molar-refractivity contribution in [3.8, 4) is 0 Å². The average molecular weight is 342 g/mol. The molecule has 0 heterocycles. The first-order chi connectivity index (χ1) is 7.02. The lowest BCUT2D eigenvalue weighted by atomic mass is 9.88. The molecule has 1 aromatic carbocycles. The van der Waals surface area contributed by atoms with Crippen LogP contribution in [-0.2, 0) is 6.42 Å². The third-order valence-corrected chi connectivity index (χ3v) is 5.00. The Kier molecular flexibility index (Phi) is 4.71. The summed E-state index contributed by atoms with van der Waals surface area (Å²) >= 11 is 6.77. The zero-order valence-electron chi connectivity index (χ0n) is 8.37. The van der Waals surface area contributed by atoms with E-state index in [2.05, 4.69) is 31.9 Å². The van der Waals surface area contributed by atoms with Crippen LogP contribution in [0.4, 0.5) is 8.78 Å². The molecule has 4 heteroatoms. The minimum absolute atomic E-state index is 0.103. The van der Waals surface area contributed by atoms with Crippen molar-refractivity contribution in [2.24, 2.45) is 5.41 Å². The Morgan fingerprint density at radius 1 is 1.20 bits per heavy atom. The van der Waals surface area contributed by atoms with Crippen molar-refractivity contribution in [1.29, 1.82) is 0 Å². The first-order valence-corrected chi connectivity index (χ1v) is 6.81. The second-order valence-electron chi connectivity index (χ2n) is 3.97. The molecule has 0 unspecified atom stereocenters. The zero-order valence-corrected chi connectivity index (χ0v) is 11.5. The minimum atomic E-state index is -0.779. The van der Waals surface area contributed by atoms with E-state index in [0.29, 0.717) is 12.0 Å². The van der Waals surface area contributed by atoms with Crippen LogP contribution < -0.4 is 0 Å². The molecule has 0 aromatic heterocycles. The summed E-state index contributed by atoms with van der Waals surface area (Å²) in [7, 11) is 0. The topological polar surface area (TPSA) is 0 Å². The van der Waals surface area contributed by atoms with Gasteiger partial charge in [-0.15, -0.1) is 0 Å². The van der Waals surface area contributed by atoms with Crippen molar-refractivity contribution in [3.63, 3.8) is 0 Å². The van der Waals surface area contributed by atoms with E-state index in [1.54, 1.807) is 6.07 Å². The molecule has 0 aliphatic rings. The van der Waals surface area contributed by atoms with Crippen molar-refractivity contribution >= 4 is 31.9 Å². The molecule has 0 amide bonds. The lowest BCUT2D eigenvalue weighted by Gasteiger charge is -2.24. The van der Waals surface area contributed by atoms with Crippen molar-refractivity contribution in [3.05, 3.63) is 35.4 Å². The van der Waals surface area contributed by atoms with E-state index < -0.39 is 11.6 Å². The highest BCUT2D eigenvalue weighted by Gasteiger charge is 2.24. The maximum absolute atomic E-state index is 13.4. The highest BCUT2D eigenvalue weighted by atomic mass is 79.9. The highest BCUT2D eigenvalue weighted by molar-refractivity contribution is 9.09. The molecule has 0 spiro atoms. The molecular formula is C11H12Br2F2. The molecule has 0 nitrogen and oxygen atoms in total. The Morgan fingerprint density at radius 3 is 2.33 bits per heavy atom. The fraction of sp³-hybridized carbons (Fsp3) is 0.455. The number of benzene rings is 1. The van der Waals surface area contributed by atoms with Gasteiger partial charge in [-0.2, -0.15) is 0 Å². The maximum atomic E-state index is 13.4. The summed E-state index contributed by atoms with van der Waals surface area (Å²) in [6.07, 6.45) is 0.507. The van der Waals surface area contributed by atoms with Gasteiger partial charge in [0.25, 0.3) is 0 Å². The largest absolute Gasteiger partial charge is 0.204 e. The van der Waals surface area contributed by atoms with Gasteiger partial charge in [-0.05, 0) is 23.5 Å². The Balaban J connectivity index is 2.94. The van der Waals surface area contributed by atoms with Gasteiger partial charge in [-0.1, -0.05) is 50.9 Å². The van der Waals surface area contributed by atoms with Gasteiger partial charge in [0.05, 0.1) is 0 Å². The average Bonchev–Trinajstić information content (AvgIpc) is 2.25. The molecule has 84 valence electrons. The fourth-order valence-corrected chi connectivity index (χ4v) is 2.60. The van der Waals surface area contributed by atoms with Gasteiger partial charge in [0.1, 0.15) is 0 Å². The molecule has 1 aromatic rings. The van der Waals surface area contributed by atoms with Gasteiger partial charge in [-0.3, -0.25) is 0 Å². The molecule has 0 aliphatic heterocycles. The van der Waals surface area contributed by atoms with E-state index in [1.165, 1.54) is 6.07 Å². The fourth-order valence-electron chi connectivity index (χ4n) is 1.27. The molecule has 0 atom stereocenters. The number of alkyl halides is 2. The Labute approximate surface area is 105 Å². The van der Waals surface area contributed by atoms with E-state index >= 15 is 0 Å². The first kappa shape index (κ1) is 13.1. The van der Waals surface area contributed by atoms with Gasteiger partial charge in [0, 0.05) is 10.7 Å². The van der Waals surface area contributed by atoms with Crippen LogP contribution in [0.3, 0.4) is 0 Å². The number of halogens is 4. The first-order valence-electron chi connectivity index (χ1n) is 4.57. The van der Waals surface area contributed by atoms with E-state index in [0.717, 1.165) is 16.7 Å². The van der Waals surface area contributed by atoms with E-state index in [1.807, 2.05) is 6.92 Å². The smallest absolute Gasteiger partial charge is 0.162 e. The Morgan fingerprint density at radius 2 is 1.80 bits per heavy atom. The van der Waals surface area contributed by atoms with Crippen molar-refractivity contribution in [2.75, 3.05) is 10.7 Å². The lowest BCUT2D eigenvalue weighted by Crippen LogP contribution is -2.24. The third kappa shape index (κ3) is 3.25. The van der Waals surface area contributed by atoms with Gasteiger partial charge in [-0.25, -0.2) is 8.78 Å². The standard InChI is InChI=1S/C11H12Br2F2/c1-11(6-12,7-13)5-8-3-2-4-9(14)10(8)15/h2-4H,5-7H2,1H3. The quantitative estimate of drug-likeness (QED) is 0.716. The normalized spacial score (nSPS) is 11.8. The molecule has 1 rings (SSSR count). The van der Waals surface area contributed by atoms with Crippen LogP contribution in [-0.4, -0.2) is 10.7 Å². The van der Waals surface area contributed by atoms with E-state index in [4.69, 9.17) is 0 Å². The minimum Gasteiger partial charge on any atom is -0.204 e. The second-order valence-corrected chi connectivity index (χ2v) is 5.09. The van der Waals surface area contributed by atoms with Crippen LogP contribution in [0, 0.1) is 17.0 Å². The van der Waals surface area contributed by atoms with Crippen LogP contribution in [0.25, 0.3) is 0 Å². The molecule has 0 saturated heterocycles. The maximum Gasteiger partial charge on any atom is 0.162 e. The van der Waals surface area contributed by atoms with E-state index in [-0.39, 0.29) is 5.41 Å². The van der Waals surface area contributed by atoms with Crippen molar-refractivity contribution < 1.29 is 8.78 Å². The molecular weight excluding hydrogens is 330 g/mol. The number of hydrogen-bond acceptors (Lipinski definition) is 0. The van der Waals surface area contributed by atoms with Crippen LogP contribution in [0.2, 0.25) is 0 Å². The predicted octanol–water partition coefficient (Wildman–Crippen LogP) is 4.30. The number of hydrogen-bond donors (Lipinski definition) is 0. The SMILES string of the molecule is CC(CBr)(CBr)Cc1cccc(F)c1F. The predicted molar refractivity (Wildman–Crippen MR) is 65.8 cm³/mol. The summed E-state index contributed by atoms with van der Waals surface area (Å²) in [6.45, 7) is 2.01. The molecule has 15 heavy (non-hydrogen) atoms. The van der Waals surface area contributed by atoms with Crippen LogP contribution in [0.15, 0.2) is 18.2 Å². The van der Waals surface area contributed by atoms with Crippen LogP contribution in [0.1, 0.15) is 12.5 Å². The summed E-state index contributed by atoms with van der Waals surface area (Å²) in [4.78, 5) is 0. The molecule has 0 N–H and O–H groups in total. The van der Waals surface area contributed by atoms with Gasteiger partial charge in [0.2, 0.25) is 0 Å². The Bertz CT molecular complexity index is 335. The van der Waals surface area contributed by atoms with Crippen LogP contribution >= 0.6 is 31.9 Å². The monoisotopic (exact) mass is 340 g/mol. The summed E-state index contributed by atoms with van der Waals surface area (Å²) in [5, 5.41) is 1.47. The van der Waals surface area contributed by atoms with Gasteiger partial charge in [0.15, 0.2) is 11.6 Å².